The number of rotatable bonds is 1. The van der Waals surface area contributed by atoms with Gasteiger partial charge in [0.05, 0.1) is 0 Å². The molecular formula is C8H4BrFN2S. The Bertz CT molecular complexity index is 416. The summed E-state index contributed by atoms with van der Waals surface area (Å²) in [6.07, 6.45) is 0. The van der Waals surface area contributed by atoms with Crippen molar-refractivity contribution in [3.8, 4) is 10.6 Å². The first-order chi connectivity index (χ1) is 6.27. The molecule has 13 heavy (non-hydrogen) atoms. The fourth-order valence-electron chi connectivity index (χ4n) is 0.953. The lowest BCUT2D eigenvalue weighted by Crippen LogP contribution is -1.81. The predicted molar refractivity (Wildman–Crippen MR) is 53.0 cm³/mol. The van der Waals surface area contributed by atoms with Crippen molar-refractivity contribution < 1.29 is 4.39 Å². The molecule has 2 nitrogen and oxygen atoms in total. The summed E-state index contributed by atoms with van der Waals surface area (Å²) in [7, 11) is 0. The number of nitrogens with zero attached hydrogens (tertiary/aromatic N) is 2. The van der Waals surface area contributed by atoms with Crippen LogP contribution in [-0.4, -0.2) is 10.2 Å². The number of hydrogen-bond donors (Lipinski definition) is 0. The van der Waals surface area contributed by atoms with Crippen molar-refractivity contribution in [3.05, 3.63) is 34.0 Å². The minimum atomic E-state index is -0.264. The molecule has 1 aromatic heterocycles. The zero-order valence-corrected chi connectivity index (χ0v) is 8.77. The fraction of sp³-hybridized carbons (Fsp3) is 0. The first-order valence-corrected chi connectivity index (χ1v) is 5.16. The van der Waals surface area contributed by atoms with Crippen LogP contribution < -0.4 is 0 Å². The van der Waals surface area contributed by atoms with Crippen LogP contribution in [-0.2, 0) is 0 Å². The molecular weight excluding hydrogens is 255 g/mol. The molecule has 0 unspecified atom stereocenters. The summed E-state index contributed by atoms with van der Waals surface area (Å²) in [4.78, 5) is 0. The van der Waals surface area contributed by atoms with Crippen LogP contribution in [0.25, 0.3) is 10.6 Å². The monoisotopic (exact) mass is 258 g/mol. The predicted octanol–water partition coefficient (Wildman–Crippen LogP) is 3.11. The van der Waals surface area contributed by atoms with E-state index in [4.69, 9.17) is 0 Å². The second-order valence-corrected chi connectivity index (χ2v) is 4.06. The molecule has 0 aliphatic rings. The van der Waals surface area contributed by atoms with E-state index in [1.807, 2.05) is 0 Å². The molecule has 1 heterocycles. The second-order valence-electron chi connectivity index (χ2n) is 2.37. The van der Waals surface area contributed by atoms with Gasteiger partial charge in [-0.05, 0) is 34.1 Å². The minimum absolute atomic E-state index is 0.264. The molecule has 0 saturated heterocycles. The molecule has 0 aliphatic heterocycles. The average molecular weight is 259 g/mol. The van der Waals surface area contributed by atoms with Crippen LogP contribution in [0.3, 0.4) is 0 Å². The largest absolute Gasteiger partial charge is 0.207 e. The minimum Gasteiger partial charge on any atom is -0.207 e. The Hall–Kier alpha value is -0.810. The highest BCUT2D eigenvalue weighted by Gasteiger charge is 2.06. The third-order valence-electron chi connectivity index (χ3n) is 1.52. The second kappa shape index (κ2) is 3.51. The average Bonchev–Trinajstić information content (AvgIpc) is 2.56. The SMILES string of the molecule is Fc1ccc(-c2nncs2)c(Br)c1. The molecule has 0 fully saturated rings. The molecule has 66 valence electrons. The van der Waals surface area contributed by atoms with Gasteiger partial charge in [-0.2, -0.15) is 0 Å². The fourth-order valence-corrected chi connectivity index (χ4v) is 2.22. The number of hydrogen-bond acceptors (Lipinski definition) is 3. The zero-order valence-electron chi connectivity index (χ0n) is 6.37. The molecule has 0 N–H and O–H groups in total. The van der Waals surface area contributed by atoms with Crippen molar-refractivity contribution in [1.29, 1.82) is 0 Å². The Balaban J connectivity index is 2.53. The highest BCUT2D eigenvalue weighted by molar-refractivity contribution is 9.10. The summed E-state index contributed by atoms with van der Waals surface area (Å²) in [5.74, 6) is -0.264. The summed E-state index contributed by atoms with van der Waals surface area (Å²) in [6, 6.07) is 4.50. The molecule has 2 rings (SSSR count). The van der Waals surface area contributed by atoms with E-state index >= 15 is 0 Å². The topological polar surface area (TPSA) is 25.8 Å². The Morgan fingerprint density at radius 1 is 1.38 bits per heavy atom. The quantitative estimate of drug-likeness (QED) is 0.786. The molecule has 0 amide bonds. The first kappa shape index (κ1) is 8.77. The summed E-state index contributed by atoms with van der Waals surface area (Å²) in [5.41, 5.74) is 2.51. The van der Waals surface area contributed by atoms with Crippen LogP contribution in [0.1, 0.15) is 0 Å². The third-order valence-corrected chi connectivity index (χ3v) is 2.90. The summed E-state index contributed by atoms with van der Waals surface area (Å²) in [6.45, 7) is 0. The van der Waals surface area contributed by atoms with Gasteiger partial charge in [-0.3, -0.25) is 0 Å². The van der Waals surface area contributed by atoms with Gasteiger partial charge in [0.15, 0.2) is 0 Å². The molecule has 5 heteroatoms. The summed E-state index contributed by atoms with van der Waals surface area (Å²) in [5, 5.41) is 8.39. The molecule has 0 bridgehead atoms. The van der Waals surface area contributed by atoms with Crippen LogP contribution in [0.15, 0.2) is 28.2 Å². The van der Waals surface area contributed by atoms with Crippen LogP contribution in [0.5, 0.6) is 0 Å². The van der Waals surface area contributed by atoms with E-state index in [0.29, 0.717) is 4.47 Å². The molecule has 0 atom stereocenters. The van der Waals surface area contributed by atoms with Crippen LogP contribution in [0.4, 0.5) is 4.39 Å². The van der Waals surface area contributed by atoms with E-state index in [9.17, 15) is 4.39 Å². The molecule has 2 aromatic rings. The first-order valence-electron chi connectivity index (χ1n) is 3.49. The van der Waals surface area contributed by atoms with Crippen molar-refractivity contribution in [2.45, 2.75) is 0 Å². The highest BCUT2D eigenvalue weighted by Crippen LogP contribution is 2.29. The van der Waals surface area contributed by atoms with Crippen LogP contribution >= 0.6 is 27.3 Å². The lowest BCUT2D eigenvalue weighted by Gasteiger charge is -1.98. The van der Waals surface area contributed by atoms with Gasteiger partial charge in [0.2, 0.25) is 0 Å². The van der Waals surface area contributed by atoms with Crippen LogP contribution in [0, 0.1) is 5.82 Å². The van der Waals surface area contributed by atoms with E-state index in [0.717, 1.165) is 10.6 Å². The van der Waals surface area contributed by atoms with Gasteiger partial charge in [0.1, 0.15) is 16.3 Å². The number of benzene rings is 1. The van der Waals surface area contributed by atoms with E-state index in [1.54, 1.807) is 11.6 Å². The zero-order chi connectivity index (χ0) is 9.26. The molecule has 0 aliphatic carbocycles. The van der Waals surface area contributed by atoms with Crippen molar-refractivity contribution in [2.24, 2.45) is 0 Å². The van der Waals surface area contributed by atoms with Crippen molar-refractivity contribution >= 4 is 27.3 Å². The maximum Gasteiger partial charge on any atom is 0.148 e. The standard InChI is InChI=1S/C8H4BrFN2S/c9-7-3-5(10)1-2-6(7)8-12-11-4-13-8/h1-4H. The van der Waals surface area contributed by atoms with Gasteiger partial charge in [-0.1, -0.05) is 11.3 Å². The molecule has 0 spiro atoms. The Labute approximate surface area is 86.6 Å². The van der Waals surface area contributed by atoms with E-state index in [-0.39, 0.29) is 5.82 Å². The smallest absolute Gasteiger partial charge is 0.148 e. The normalized spacial score (nSPS) is 10.3. The number of aromatic nitrogens is 2. The van der Waals surface area contributed by atoms with Gasteiger partial charge in [-0.25, -0.2) is 4.39 Å². The van der Waals surface area contributed by atoms with E-state index < -0.39 is 0 Å². The lowest BCUT2D eigenvalue weighted by atomic mass is 10.2. The lowest BCUT2D eigenvalue weighted by molar-refractivity contribution is 0.627. The third kappa shape index (κ3) is 1.76. The highest BCUT2D eigenvalue weighted by atomic mass is 79.9. The van der Waals surface area contributed by atoms with Crippen molar-refractivity contribution in [1.82, 2.24) is 10.2 Å². The molecule has 0 radical (unpaired) electrons. The summed E-state index contributed by atoms with van der Waals surface area (Å²) >= 11 is 4.69. The van der Waals surface area contributed by atoms with Crippen molar-refractivity contribution in [3.63, 3.8) is 0 Å². The van der Waals surface area contributed by atoms with Gasteiger partial charge >= 0.3 is 0 Å². The van der Waals surface area contributed by atoms with Gasteiger partial charge in [-0.15, -0.1) is 10.2 Å². The van der Waals surface area contributed by atoms with E-state index in [2.05, 4.69) is 26.1 Å². The van der Waals surface area contributed by atoms with Crippen molar-refractivity contribution in [2.75, 3.05) is 0 Å². The number of halogens is 2. The molecule has 0 saturated carbocycles. The molecule has 1 aromatic carbocycles. The Kier molecular flexibility index (Phi) is 2.37. The maximum absolute atomic E-state index is 12.7. The van der Waals surface area contributed by atoms with E-state index in [1.165, 1.54) is 23.5 Å². The van der Waals surface area contributed by atoms with Gasteiger partial charge < -0.3 is 0 Å². The summed E-state index contributed by atoms with van der Waals surface area (Å²) < 4.78 is 13.4. The van der Waals surface area contributed by atoms with Gasteiger partial charge in [0, 0.05) is 10.0 Å². The Morgan fingerprint density at radius 3 is 2.85 bits per heavy atom. The maximum atomic E-state index is 12.7. The van der Waals surface area contributed by atoms with Crippen LogP contribution in [0.2, 0.25) is 0 Å². The van der Waals surface area contributed by atoms with Gasteiger partial charge in [0.25, 0.3) is 0 Å². The Morgan fingerprint density at radius 2 is 2.23 bits per heavy atom.